The third-order valence-electron chi connectivity index (χ3n) is 2.18. The summed E-state index contributed by atoms with van der Waals surface area (Å²) in [6, 6.07) is 6.94. The Balaban J connectivity index is 2.74. The fourth-order valence-corrected chi connectivity index (χ4v) is 1.56. The lowest BCUT2D eigenvalue weighted by atomic mass is 10.3. The first-order valence-corrected chi connectivity index (χ1v) is 4.48. The van der Waals surface area contributed by atoms with Gasteiger partial charge in [-0.25, -0.2) is 4.98 Å². The molecular formula is C10H10F2N2. The molecule has 74 valence electrons. The number of hydrogen-bond donors (Lipinski definition) is 0. The monoisotopic (exact) mass is 196 g/mol. The van der Waals surface area contributed by atoms with Crippen LogP contribution in [0.4, 0.5) is 8.78 Å². The molecule has 0 bridgehead atoms. The summed E-state index contributed by atoms with van der Waals surface area (Å²) in [6.45, 7) is -0.697. The topological polar surface area (TPSA) is 17.8 Å². The Kier molecular flexibility index (Phi) is 2.19. The first-order chi connectivity index (χ1) is 6.74. The fourth-order valence-electron chi connectivity index (χ4n) is 1.56. The number of halogens is 2. The molecule has 0 saturated heterocycles. The zero-order valence-corrected chi connectivity index (χ0v) is 7.74. The van der Waals surface area contributed by atoms with Gasteiger partial charge in [-0.1, -0.05) is 19.1 Å². The molecule has 0 spiro atoms. The standard InChI is InChI=1S/C10H10F2N2/c1-2-9-13-7-5-3-4-6-8(7)14(9)10(11)12/h3-6,10H,2H2,1H3. The minimum absolute atomic E-state index is 0.432. The van der Waals surface area contributed by atoms with E-state index in [1.54, 1.807) is 24.3 Å². The number of fused-ring (bicyclic) bond motifs is 1. The van der Waals surface area contributed by atoms with Crippen LogP contribution in [0.3, 0.4) is 0 Å². The summed E-state index contributed by atoms with van der Waals surface area (Å²) < 4.78 is 26.4. The van der Waals surface area contributed by atoms with Crippen molar-refractivity contribution in [2.24, 2.45) is 0 Å². The highest BCUT2D eigenvalue weighted by molar-refractivity contribution is 5.75. The summed E-state index contributed by atoms with van der Waals surface area (Å²) in [5.41, 5.74) is 1.13. The second kappa shape index (κ2) is 3.36. The van der Waals surface area contributed by atoms with Crippen LogP contribution >= 0.6 is 0 Å². The van der Waals surface area contributed by atoms with Gasteiger partial charge in [0.1, 0.15) is 5.82 Å². The minimum Gasteiger partial charge on any atom is -0.270 e. The van der Waals surface area contributed by atoms with E-state index in [9.17, 15) is 8.78 Å². The Morgan fingerprint density at radius 3 is 2.71 bits per heavy atom. The van der Waals surface area contributed by atoms with E-state index in [1.807, 2.05) is 6.92 Å². The van der Waals surface area contributed by atoms with Crippen LogP contribution in [-0.2, 0) is 6.42 Å². The van der Waals surface area contributed by atoms with Crippen LogP contribution in [0.1, 0.15) is 19.3 Å². The summed E-state index contributed by atoms with van der Waals surface area (Å²) in [5.74, 6) is 0.432. The van der Waals surface area contributed by atoms with E-state index in [4.69, 9.17) is 0 Å². The first kappa shape index (κ1) is 9.12. The Morgan fingerprint density at radius 1 is 1.36 bits per heavy atom. The van der Waals surface area contributed by atoms with Crippen molar-refractivity contribution in [1.29, 1.82) is 0 Å². The molecule has 14 heavy (non-hydrogen) atoms. The van der Waals surface area contributed by atoms with E-state index >= 15 is 0 Å². The van der Waals surface area contributed by atoms with E-state index in [2.05, 4.69) is 4.98 Å². The molecule has 1 heterocycles. The predicted molar refractivity (Wildman–Crippen MR) is 50.4 cm³/mol. The van der Waals surface area contributed by atoms with Gasteiger partial charge in [-0.3, -0.25) is 4.57 Å². The molecule has 1 aromatic heterocycles. The number of aryl methyl sites for hydroxylation is 1. The van der Waals surface area contributed by atoms with Crippen LogP contribution < -0.4 is 0 Å². The van der Waals surface area contributed by atoms with Crippen LogP contribution in [0.2, 0.25) is 0 Å². The van der Waals surface area contributed by atoms with E-state index in [-0.39, 0.29) is 0 Å². The molecule has 1 aromatic carbocycles. The summed E-state index contributed by atoms with van der Waals surface area (Å²) >= 11 is 0. The van der Waals surface area contributed by atoms with Gasteiger partial charge < -0.3 is 0 Å². The molecule has 0 unspecified atom stereocenters. The summed E-state index contributed by atoms with van der Waals surface area (Å²) in [4.78, 5) is 4.14. The van der Waals surface area contributed by atoms with Crippen molar-refractivity contribution in [2.45, 2.75) is 19.9 Å². The summed E-state index contributed by atoms with van der Waals surface area (Å²) in [6.07, 6.45) is 0.513. The third-order valence-corrected chi connectivity index (χ3v) is 2.18. The van der Waals surface area contributed by atoms with Gasteiger partial charge in [0.2, 0.25) is 0 Å². The second-order valence-electron chi connectivity index (χ2n) is 3.02. The highest BCUT2D eigenvalue weighted by Gasteiger charge is 2.15. The highest BCUT2D eigenvalue weighted by atomic mass is 19.3. The zero-order valence-electron chi connectivity index (χ0n) is 7.74. The van der Waals surface area contributed by atoms with Crippen LogP contribution in [0.15, 0.2) is 24.3 Å². The van der Waals surface area contributed by atoms with Crippen molar-refractivity contribution in [2.75, 3.05) is 0 Å². The maximum atomic E-state index is 12.7. The molecule has 0 atom stereocenters. The Hall–Kier alpha value is -1.45. The normalized spacial score (nSPS) is 11.4. The number of hydrogen-bond acceptors (Lipinski definition) is 1. The van der Waals surface area contributed by atoms with Gasteiger partial charge in [-0.2, -0.15) is 8.78 Å². The minimum atomic E-state index is -2.52. The van der Waals surface area contributed by atoms with Gasteiger partial charge in [0.15, 0.2) is 0 Å². The summed E-state index contributed by atoms with van der Waals surface area (Å²) in [5, 5.41) is 0. The van der Waals surface area contributed by atoms with E-state index in [1.165, 1.54) is 0 Å². The molecule has 4 heteroatoms. The quantitative estimate of drug-likeness (QED) is 0.721. The van der Waals surface area contributed by atoms with Crippen molar-refractivity contribution >= 4 is 11.0 Å². The maximum absolute atomic E-state index is 12.7. The van der Waals surface area contributed by atoms with Gasteiger partial charge in [0.05, 0.1) is 11.0 Å². The van der Waals surface area contributed by atoms with Crippen molar-refractivity contribution in [3.8, 4) is 0 Å². The molecule has 0 N–H and O–H groups in total. The van der Waals surface area contributed by atoms with Crippen molar-refractivity contribution in [1.82, 2.24) is 9.55 Å². The fraction of sp³-hybridized carbons (Fsp3) is 0.300. The molecule has 0 aliphatic rings. The van der Waals surface area contributed by atoms with Crippen LogP contribution in [0.25, 0.3) is 11.0 Å². The first-order valence-electron chi connectivity index (χ1n) is 4.48. The van der Waals surface area contributed by atoms with Gasteiger partial charge in [0, 0.05) is 6.42 Å². The largest absolute Gasteiger partial charge is 0.320 e. The average molecular weight is 196 g/mol. The lowest BCUT2D eigenvalue weighted by molar-refractivity contribution is 0.0717. The number of para-hydroxylation sites is 2. The third kappa shape index (κ3) is 1.27. The summed E-state index contributed by atoms with van der Waals surface area (Å²) in [7, 11) is 0. The number of benzene rings is 1. The van der Waals surface area contributed by atoms with Crippen LogP contribution in [0, 0.1) is 0 Å². The molecule has 2 aromatic rings. The average Bonchev–Trinajstić information content (AvgIpc) is 2.55. The van der Waals surface area contributed by atoms with E-state index < -0.39 is 6.55 Å². The van der Waals surface area contributed by atoms with Crippen LogP contribution in [0.5, 0.6) is 0 Å². The van der Waals surface area contributed by atoms with Crippen molar-refractivity contribution in [3.05, 3.63) is 30.1 Å². The number of nitrogens with zero attached hydrogens (tertiary/aromatic N) is 2. The Bertz CT molecular complexity index is 448. The lowest BCUT2D eigenvalue weighted by Gasteiger charge is -2.05. The molecule has 0 radical (unpaired) electrons. The predicted octanol–water partition coefficient (Wildman–Crippen LogP) is 2.99. The molecular weight excluding hydrogens is 186 g/mol. The van der Waals surface area contributed by atoms with Gasteiger partial charge >= 0.3 is 6.55 Å². The van der Waals surface area contributed by atoms with Crippen LogP contribution in [-0.4, -0.2) is 9.55 Å². The number of imidazole rings is 1. The van der Waals surface area contributed by atoms with E-state index in [0.29, 0.717) is 23.3 Å². The highest BCUT2D eigenvalue weighted by Crippen LogP contribution is 2.22. The Labute approximate surface area is 80.2 Å². The van der Waals surface area contributed by atoms with E-state index in [0.717, 1.165) is 4.57 Å². The molecule has 2 rings (SSSR count). The van der Waals surface area contributed by atoms with Gasteiger partial charge in [0.25, 0.3) is 0 Å². The molecule has 2 nitrogen and oxygen atoms in total. The zero-order chi connectivity index (χ0) is 10.1. The molecule has 0 aliphatic carbocycles. The molecule has 0 aliphatic heterocycles. The SMILES string of the molecule is CCc1nc2ccccc2n1C(F)F. The molecule has 0 saturated carbocycles. The van der Waals surface area contributed by atoms with Gasteiger partial charge in [-0.05, 0) is 12.1 Å². The number of rotatable bonds is 2. The maximum Gasteiger partial charge on any atom is 0.320 e. The smallest absolute Gasteiger partial charge is 0.270 e. The van der Waals surface area contributed by atoms with Crippen molar-refractivity contribution < 1.29 is 8.78 Å². The second-order valence-corrected chi connectivity index (χ2v) is 3.02. The van der Waals surface area contributed by atoms with Gasteiger partial charge in [-0.15, -0.1) is 0 Å². The molecule has 0 fully saturated rings. The number of alkyl halides is 2. The molecule has 0 amide bonds. The lowest BCUT2D eigenvalue weighted by Crippen LogP contribution is -2.02. The van der Waals surface area contributed by atoms with Crippen molar-refractivity contribution in [3.63, 3.8) is 0 Å². The number of aromatic nitrogens is 2. The Morgan fingerprint density at radius 2 is 2.07 bits per heavy atom.